The normalized spacial score (nSPS) is 16.0. The second-order valence-electron chi connectivity index (χ2n) is 6.13. The van der Waals surface area contributed by atoms with Crippen LogP contribution in [-0.2, 0) is 11.3 Å². The van der Waals surface area contributed by atoms with E-state index in [1.54, 1.807) is 16.7 Å². The van der Waals surface area contributed by atoms with Gasteiger partial charge in [-0.1, -0.05) is 42.5 Å². The van der Waals surface area contributed by atoms with E-state index in [0.717, 1.165) is 21.9 Å². The molecule has 2 aromatic carbocycles. The lowest BCUT2D eigenvalue weighted by Gasteiger charge is -2.37. The van der Waals surface area contributed by atoms with Gasteiger partial charge in [0.15, 0.2) is 0 Å². The molecule has 1 aromatic heterocycles. The van der Waals surface area contributed by atoms with Gasteiger partial charge in [0.25, 0.3) is 0 Å². The van der Waals surface area contributed by atoms with E-state index in [4.69, 9.17) is 0 Å². The van der Waals surface area contributed by atoms with Crippen LogP contribution in [0.5, 0.6) is 0 Å². The Hall–Kier alpha value is -3.13. The zero-order valence-corrected chi connectivity index (χ0v) is 15.1. The number of aromatic nitrogens is 2. The molecule has 0 bridgehead atoms. The number of anilines is 1. The summed E-state index contributed by atoms with van der Waals surface area (Å²) in [5.74, 6) is 0.345. The second kappa shape index (κ2) is 7.24. The minimum absolute atomic E-state index is 0.0107. The molecule has 1 atom stereocenters. The van der Waals surface area contributed by atoms with Crippen LogP contribution in [-0.4, -0.2) is 26.1 Å². The van der Waals surface area contributed by atoms with E-state index in [1.807, 2.05) is 54.6 Å². The average Bonchev–Trinajstić information content (AvgIpc) is 3.16. The molecule has 136 valence electrons. The second-order valence-corrected chi connectivity index (χ2v) is 7.19. The summed E-state index contributed by atoms with van der Waals surface area (Å²) in [6.07, 6.45) is 2.60. The van der Waals surface area contributed by atoms with Crippen molar-refractivity contribution >= 4 is 29.2 Å². The number of imidazole rings is 1. The van der Waals surface area contributed by atoms with E-state index < -0.39 is 4.92 Å². The van der Waals surface area contributed by atoms with Gasteiger partial charge in [-0.15, -0.1) is 11.8 Å². The third-order valence-electron chi connectivity index (χ3n) is 4.41. The van der Waals surface area contributed by atoms with Gasteiger partial charge in [0, 0.05) is 10.6 Å². The van der Waals surface area contributed by atoms with Gasteiger partial charge < -0.3 is 19.6 Å². The number of rotatable bonds is 4. The molecule has 0 N–H and O–H groups in total. The smallest absolute Gasteiger partial charge is 0.358 e. The molecule has 1 aliphatic heterocycles. The summed E-state index contributed by atoms with van der Waals surface area (Å²) in [6, 6.07) is 17.6. The van der Waals surface area contributed by atoms with Crippen LogP contribution in [0.4, 0.5) is 11.5 Å². The molecule has 0 spiro atoms. The molecule has 0 saturated heterocycles. The number of thioether (sulfide) groups is 1. The molecule has 0 aliphatic carbocycles. The SMILES string of the molecule is O=C(Cn1cnc([N+](=O)[O-])c1)N1c2ccccc2SCC1c1ccccc1. The third-order valence-corrected chi connectivity index (χ3v) is 5.55. The van der Waals surface area contributed by atoms with Crippen LogP contribution in [0.3, 0.4) is 0 Å². The van der Waals surface area contributed by atoms with Gasteiger partial charge in [-0.3, -0.25) is 4.79 Å². The average molecular weight is 380 g/mol. The van der Waals surface area contributed by atoms with Crippen molar-refractivity contribution in [2.45, 2.75) is 17.5 Å². The van der Waals surface area contributed by atoms with Gasteiger partial charge in [0.1, 0.15) is 12.7 Å². The van der Waals surface area contributed by atoms with Crippen LogP contribution in [0, 0.1) is 10.1 Å². The van der Waals surface area contributed by atoms with E-state index in [1.165, 1.54) is 17.1 Å². The zero-order valence-electron chi connectivity index (χ0n) is 14.3. The summed E-state index contributed by atoms with van der Waals surface area (Å²) in [5.41, 5.74) is 1.92. The lowest BCUT2D eigenvalue weighted by molar-refractivity contribution is -0.389. The van der Waals surface area contributed by atoms with Crippen molar-refractivity contribution in [2.75, 3.05) is 10.7 Å². The Bertz CT molecular complexity index is 989. The first-order valence-corrected chi connectivity index (χ1v) is 9.37. The number of hydrogen-bond acceptors (Lipinski definition) is 5. The highest BCUT2D eigenvalue weighted by Crippen LogP contribution is 2.43. The summed E-state index contributed by atoms with van der Waals surface area (Å²) in [5, 5.41) is 10.8. The lowest BCUT2D eigenvalue weighted by Crippen LogP contribution is -2.40. The molecule has 1 amide bonds. The molecule has 2 heterocycles. The van der Waals surface area contributed by atoms with Crippen LogP contribution in [0.1, 0.15) is 11.6 Å². The summed E-state index contributed by atoms with van der Waals surface area (Å²) < 4.78 is 1.45. The summed E-state index contributed by atoms with van der Waals surface area (Å²) in [4.78, 5) is 30.0. The van der Waals surface area contributed by atoms with E-state index in [0.29, 0.717) is 0 Å². The number of amides is 1. The number of fused-ring (bicyclic) bond motifs is 1. The maximum atomic E-state index is 13.2. The predicted octanol–water partition coefficient (Wildman–Crippen LogP) is 3.67. The monoisotopic (exact) mass is 380 g/mol. The Morgan fingerprint density at radius 1 is 1.19 bits per heavy atom. The van der Waals surface area contributed by atoms with E-state index in [-0.39, 0.29) is 24.3 Å². The maximum absolute atomic E-state index is 13.2. The fourth-order valence-electron chi connectivity index (χ4n) is 3.18. The first kappa shape index (κ1) is 17.3. The van der Waals surface area contributed by atoms with E-state index in [2.05, 4.69) is 4.98 Å². The number of nitro groups is 1. The quantitative estimate of drug-likeness (QED) is 0.509. The highest BCUT2D eigenvalue weighted by molar-refractivity contribution is 7.99. The molecule has 0 radical (unpaired) electrons. The first-order valence-electron chi connectivity index (χ1n) is 8.38. The Balaban J connectivity index is 1.68. The molecule has 0 saturated carbocycles. The molecule has 0 fully saturated rings. The van der Waals surface area contributed by atoms with Gasteiger partial charge in [0.2, 0.25) is 12.2 Å². The van der Waals surface area contributed by atoms with Gasteiger partial charge in [-0.2, -0.15) is 0 Å². The largest absolute Gasteiger partial charge is 0.381 e. The van der Waals surface area contributed by atoms with E-state index >= 15 is 0 Å². The molecule has 4 rings (SSSR count). The number of carbonyl (C=O) groups excluding carboxylic acids is 1. The van der Waals surface area contributed by atoms with Crippen molar-refractivity contribution in [1.29, 1.82) is 0 Å². The van der Waals surface area contributed by atoms with Crippen LogP contribution >= 0.6 is 11.8 Å². The number of para-hydroxylation sites is 1. The van der Waals surface area contributed by atoms with Crippen molar-refractivity contribution in [1.82, 2.24) is 9.55 Å². The summed E-state index contributed by atoms with van der Waals surface area (Å²) in [7, 11) is 0. The maximum Gasteiger partial charge on any atom is 0.381 e. The fraction of sp³-hybridized carbons (Fsp3) is 0.158. The van der Waals surface area contributed by atoms with Crippen LogP contribution in [0.15, 0.2) is 72.0 Å². The number of benzene rings is 2. The Labute approximate surface area is 159 Å². The van der Waals surface area contributed by atoms with Crippen molar-refractivity contribution in [3.05, 3.63) is 82.8 Å². The Morgan fingerprint density at radius 2 is 1.93 bits per heavy atom. The van der Waals surface area contributed by atoms with Crippen molar-refractivity contribution in [3.8, 4) is 0 Å². The van der Waals surface area contributed by atoms with Gasteiger partial charge in [-0.05, 0) is 27.6 Å². The zero-order chi connectivity index (χ0) is 18.8. The topological polar surface area (TPSA) is 81.3 Å². The molecular formula is C19H16N4O3S. The van der Waals surface area contributed by atoms with Crippen molar-refractivity contribution in [3.63, 3.8) is 0 Å². The van der Waals surface area contributed by atoms with Crippen LogP contribution < -0.4 is 4.90 Å². The van der Waals surface area contributed by atoms with Crippen molar-refractivity contribution in [2.24, 2.45) is 0 Å². The van der Waals surface area contributed by atoms with Crippen molar-refractivity contribution < 1.29 is 9.72 Å². The number of carbonyl (C=O) groups is 1. The van der Waals surface area contributed by atoms with Crippen LogP contribution in [0.25, 0.3) is 0 Å². The van der Waals surface area contributed by atoms with Crippen LogP contribution in [0.2, 0.25) is 0 Å². The highest BCUT2D eigenvalue weighted by atomic mass is 32.2. The molecular weight excluding hydrogens is 364 g/mol. The minimum atomic E-state index is -0.569. The first-order chi connectivity index (χ1) is 13.1. The van der Waals surface area contributed by atoms with Gasteiger partial charge >= 0.3 is 5.82 Å². The summed E-state index contributed by atoms with van der Waals surface area (Å²) in [6.45, 7) is -0.0107. The molecule has 1 unspecified atom stereocenters. The fourth-order valence-corrected chi connectivity index (χ4v) is 4.35. The van der Waals surface area contributed by atoms with E-state index in [9.17, 15) is 14.9 Å². The molecule has 1 aliphatic rings. The molecule has 3 aromatic rings. The van der Waals surface area contributed by atoms with Gasteiger partial charge in [0.05, 0.1) is 11.7 Å². The Kier molecular flexibility index (Phi) is 4.64. The lowest BCUT2D eigenvalue weighted by atomic mass is 10.1. The predicted molar refractivity (Wildman–Crippen MR) is 103 cm³/mol. The highest BCUT2D eigenvalue weighted by Gasteiger charge is 2.32. The Morgan fingerprint density at radius 3 is 2.67 bits per heavy atom. The molecule has 7 nitrogen and oxygen atoms in total. The molecule has 8 heteroatoms. The standard InChI is InChI=1S/C19H16N4O3S/c24-19(11-21-10-18(20-13-21)23(25)26)22-15-8-4-5-9-17(15)27-12-16(22)14-6-2-1-3-7-14/h1-10,13,16H,11-12H2. The minimum Gasteiger partial charge on any atom is -0.358 e. The van der Waals surface area contributed by atoms with Gasteiger partial charge in [-0.25, -0.2) is 0 Å². The third kappa shape index (κ3) is 3.43. The molecule has 27 heavy (non-hydrogen) atoms. The number of nitrogens with zero attached hydrogens (tertiary/aromatic N) is 4. The summed E-state index contributed by atoms with van der Waals surface area (Å²) >= 11 is 1.72. The number of hydrogen-bond donors (Lipinski definition) is 0.